The van der Waals surface area contributed by atoms with E-state index in [-0.39, 0.29) is 19.4 Å². The molecule has 0 amide bonds. The van der Waals surface area contributed by atoms with Gasteiger partial charge in [0, 0.05) is 12.8 Å². The lowest BCUT2D eigenvalue weighted by Crippen LogP contribution is -2.29. The van der Waals surface area contributed by atoms with Crippen LogP contribution in [0.2, 0.25) is 0 Å². The third-order valence-electron chi connectivity index (χ3n) is 7.01. The lowest BCUT2D eigenvalue weighted by atomic mass is 10.0. The highest BCUT2D eigenvalue weighted by molar-refractivity contribution is 7.47. The van der Waals surface area contributed by atoms with Gasteiger partial charge in [-0.1, -0.05) is 123 Å². The van der Waals surface area contributed by atoms with Crippen molar-refractivity contribution >= 4 is 19.8 Å². The number of phosphoric acid groups is 1. The molecule has 0 bridgehead atoms. The van der Waals surface area contributed by atoms with Gasteiger partial charge >= 0.3 is 19.8 Å². The maximum absolute atomic E-state index is 12.4. The fourth-order valence-electron chi connectivity index (χ4n) is 4.40. The maximum Gasteiger partial charge on any atom is 0.472 e. The number of ether oxygens (including phenoxy) is 2. The summed E-state index contributed by atoms with van der Waals surface area (Å²) in [6.45, 7) is 2.30. The van der Waals surface area contributed by atoms with Crippen LogP contribution in [0.5, 0.6) is 0 Å². The van der Waals surface area contributed by atoms with Gasteiger partial charge in [0.2, 0.25) is 0 Å². The molecule has 42 heavy (non-hydrogen) atoms. The monoisotopic (exact) mass is 624 g/mol. The molecule has 0 aromatic carbocycles. The lowest BCUT2D eigenvalue weighted by Gasteiger charge is -2.20. The summed E-state index contributed by atoms with van der Waals surface area (Å²) < 4.78 is 32.3. The molecule has 3 N–H and O–H groups in total. The maximum atomic E-state index is 12.4. The highest BCUT2D eigenvalue weighted by Gasteiger charge is 2.27. The van der Waals surface area contributed by atoms with Gasteiger partial charge in [0.15, 0.2) is 6.10 Å². The van der Waals surface area contributed by atoms with Crippen molar-refractivity contribution in [2.45, 2.75) is 161 Å². The van der Waals surface area contributed by atoms with E-state index in [9.17, 15) is 24.2 Å². The van der Waals surface area contributed by atoms with Crippen molar-refractivity contribution < 1.29 is 47.8 Å². The summed E-state index contributed by atoms with van der Waals surface area (Å²) >= 11 is 0. The van der Waals surface area contributed by atoms with Gasteiger partial charge in [0.05, 0.1) is 19.8 Å². The minimum atomic E-state index is -4.59. The number of rotatable bonds is 31. The van der Waals surface area contributed by atoms with Crippen LogP contribution in [-0.4, -0.2) is 65.7 Å². The second-order valence-electron chi connectivity index (χ2n) is 11.2. The van der Waals surface area contributed by atoms with Crippen LogP contribution in [0.4, 0.5) is 0 Å². The van der Waals surface area contributed by atoms with Gasteiger partial charge in [-0.25, -0.2) is 4.57 Å². The van der Waals surface area contributed by atoms with E-state index >= 15 is 0 Å². The van der Waals surface area contributed by atoms with Crippen LogP contribution >= 0.6 is 7.82 Å². The van der Waals surface area contributed by atoms with Gasteiger partial charge in [0.1, 0.15) is 12.7 Å². The molecule has 0 radical (unpaired) electrons. The van der Waals surface area contributed by atoms with Crippen molar-refractivity contribution in [2.24, 2.45) is 0 Å². The Kier molecular flexibility index (Phi) is 28.0. The summed E-state index contributed by atoms with van der Waals surface area (Å²) in [5, 5.41) is 18.2. The topological polar surface area (TPSA) is 149 Å². The molecule has 0 aromatic heterocycles. The van der Waals surface area contributed by atoms with Crippen molar-refractivity contribution in [2.75, 3.05) is 26.4 Å². The minimum Gasteiger partial charge on any atom is -0.462 e. The Bertz CT molecular complexity index is 691. The molecule has 11 heteroatoms. The molecule has 0 fully saturated rings. The first-order valence-corrected chi connectivity index (χ1v) is 18.0. The molecule has 0 aliphatic carbocycles. The molecule has 0 aliphatic rings. The highest BCUT2D eigenvalue weighted by Crippen LogP contribution is 2.43. The Morgan fingerprint density at radius 2 is 1.02 bits per heavy atom. The summed E-state index contributed by atoms with van der Waals surface area (Å²) in [4.78, 5) is 34.5. The number of carbonyl (C=O) groups excluding carboxylic acids is 2. The van der Waals surface area contributed by atoms with Crippen LogP contribution < -0.4 is 0 Å². The molecule has 3 atom stereocenters. The van der Waals surface area contributed by atoms with Crippen molar-refractivity contribution in [1.82, 2.24) is 0 Å². The molecule has 0 heterocycles. The quantitative estimate of drug-likeness (QED) is 0.0412. The van der Waals surface area contributed by atoms with E-state index in [2.05, 4.69) is 18.4 Å². The lowest BCUT2D eigenvalue weighted by molar-refractivity contribution is -0.161. The molecule has 0 saturated carbocycles. The summed E-state index contributed by atoms with van der Waals surface area (Å²) in [6.07, 6.45) is 19.6. The third-order valence-corrected chi connectivity index (χ3v) is 7.96. The normalized spacial score (nSPS) is 14.3. The molecular formula is C31H61O10P. The van der Waals surface area contributed by atoms with E-state index in [1.165, 1.54) is 70.6 Å². The standard InChI is InChI=1S/C31H61O10P/c1-3-5-7-9-11-12-13-14-15-17-19-21-23-31(35)41-29(27-40-42(36,37)39-25-28(33)24-32)26-38-30(34)22-20-18-16-10-8-6-4-2/h28-29,32-33H,3-27H2,1-2H3,(H,36,37). The minimum absolute atomic E-state index is 0.190. The van der Waals surface area contributed by atoms with Crippen LogP contribution in [0.1, 0.15) is 149 Å². The van der Waals surface area contributed by atoms with Crippen molar-refractivity contribution in [3.63, 3.8) is 0 Å². The fraction of sp³-hybridized carbons (Fsp3) is 0.935. The number of aliphatic hydroxyl groups is 2. The smallest absolute Gasteiger partial charge is 0.462 e. The molecule has 0 saturated heterocycles. The van der Waals surface area contributed by atoms with E-state index in [0.29, 0.717) is 12.8 Å². The summed E-state index contributed by atoms with van der Waals surface area (Å²) in [6, 6.07) is 0. The average Bonchev–Trinajstić information content (AvgIpc) is 2.97. The SMILES string of the molecule is CCCCCCCCCCCCCCC(=O)OC(COC(=O)CCCCCCCCC)COP(=O)(O)OCC(O)CO. The third kappa shape index (κ3) is 27.8. The number of aliphatic hydroxyl groups excluding tert-OH is 2. The molecule has 10 nitrogen and oxygen atoms in total. The van der Waals surface area contributed by atoms with Crippen molar-refractivity contribution in [3.05, 3.63) is 0 Å². The molecule has 3 unspecified atom stereocenters. The number of carbonyl (C=O) groups is 2. The van der Waals surface area contributed by atoms with Crippen LogP contribution in [0, 0.1) is 0 Å². The van der Waals surface area contributed by atoms with Gasteiger partial charge in [-0.3, -0.25) is 18.6 Å². The van der Waals surface area contributed by atoms with Gasteiger partial charge < -0.3 is 24.6 Å². The Hall–Kier alpha value is -1.03. The zero-order valence-corrected chi connectivity index (χ0v) is 27.4. The van der Waals surface area contributed by atoms with E-state index in [0.717, 1.165) is 38.5 Å². The highest BCUT2D eigenvalue weighted by atomic mass is 31.2. The molecule has 0 rings (SSSR count). The average molecular weight is 625 g/mol. The Morgan fingerprint density at radius 3 is 1.48 bits per heavy atom. The predicted molar refractivity (Wildman–Crippen MR) is 164 cm³/mol. The summed E-state index contributed by atoms with van der Waals surface area (Å²) in [7, 11) is -4.59. The number of unbranched alkanes of at least 4 members (excludes halogenated alkanes) is 17. The van der Waals surface area contributed by atoms with E-state index in [1.807, 2.05) is 0 Å². The Morgan fingerprint density at radius 1 is 0.619 bits per heavy atom. The zero-order chi connectivity index (χ0) is 31.3. The molecule has 0 aliphatic heterocycles. The van der Waals surface area contributed by atoms with E-state index < -0.39 is 51.8 Å². The molecule has 0 spiro atoms. The van der Waals surface area contributed by atoms with Crippen LogP contribution in [0.15, 0.2) is 0 Å². The largest absolute Gasteiger partial charge is 0.472 e. The van der Waals surface area contributed by atoms with Gasteiger partial charge in [-0.2, -0.15) is 0 Å². The fourth-order valence-corrected chi connectivity index (χ4v) is 5.19. The number of phosphoric ester groups is 1. The summed E-state index contributed by atoms with van der Waals surface area (Å²) in [5.41, 5.74) is 0. The van der Waals surface area contributed by atoms with Gasteiger partial charge in [-0.05, 0) is 12.8 Å². The van der Waals surface area contributed by atoms with E-state index in [4.69, 9.17) is 19.1 Å². The van der Waals surface area contributed by atoms with E-state index in [1.54, 1.807) is 0 Å². The zero-order valence-electron chi connectivity index (χ0n) is 26.5. The second-order valence-corrected chi connectivity index (χ2v) is 12.7. The van der Waals surface area contributed by atoms with Gasteiger partial charge in [-0.15, -0.1) is 0 Å². The Balaban J connectivity index is 4.41. The molecule has 0 aromatic rings. The van der Waals surface area contributed by atoms with Gasteiger partial charge in [0.25, 0.3) is 0 Å². The van der Waals surface area contributed by atoms with Crippen molar-refractivity contribution in [3.8, 4) is 0 Å². The predicted octanol–water partition coefficient (Wildman–Crippen LogP) is 7.16. The first kappa shape index (κ1) is 41.0. The van der Waals surface area contributed by atoms with Crippen LogP contribution in [-0.2, 0) is 32.7 Å². The number of hydrogen-bond donors (Lipinski definition) is 3. The molecular weight excluding hydrogens is 563 g/mol. The second kappa shape index (κ2) is 28.7. The van der Waals surface area contributed by atoms with Crippen molar-refractivity contribution in [1.29, 1.82) is 0 Å². The first-order chi connectivity index (χ1) is 20.2. The first-order valence-electron chi connectivity index (χ1n) is 16.5. The number of hydrogen-bond acceptors (Lipinski definition) is 9. The molecule has 250 valence electrons. The van der Waals surface area contributed by atoms with Crippen LogP contribution in [0.3, 0.4) is 0 Å². The van der Waals surface area contributed by atoms with Crippen LogP contribution in [0.25, 0.3) is 0 Å². The number of esters is 2. The summed E-state index contributed by atoms with van der Waals surface area (Å²) in [5.74, 6) is -0.928. The Labute approximate surface area is 254 Å².